The summed E-state index contributed by atoms with van der Waals surface area (Å²) in [6.07, 6.45) is 1.28. The van der Waals surface area contributed by atoms with Crippen molar-refractivity contribution in [2.45, 2.75) is 34.1 Å². The summed E-state index contributed by atoms with van der Waals surface area (Å²) in [5.74, 6) is 4.01. The quantitative estimate of drug-likeness (QED) is 0.686. The van der Waals surface area contributed by atoms with Crippen LogP contribution in [0.15, 0.2) is 0 Å². The second kappa shape index (κ2) is 3.02. The van der Waals surface area contributed by atoms with E-state index in [1.165, 1.54) is 6.42 Å². The minimum Gasteiger partial charge on any atom is -0.465 e. The van der Waals surface area contributed by atoms with Crippen LogP contribution in [0.25, 0.3) is 0 Å². The Balaban J connectivity index is 1.75. The van der Waals surface area contributed by atoms with Gasteiger partial charge in [-0.2, -0.15) is 0 Å². The van der Waals surface area contributed by atoms with E-state index in [0.717, 1.165) is 11.8 Å². The molecule has 0 N–H and O–H groups in total. The predicted molar refractivity (Wildman–Crippen MR) is 61.6 cm³/mol. The van der Waals surface area contributed by atoms with Crippen molar-refractivity contribution in [3.05, 3.63) is 0 Å². The van der Waals surface area contributed by atoms with Crippen molar-refractivity contribution in [1.29, 1.82) is 0 Å². The molecule has 4 aliphatic carbocycles. The second-order valence-corrected chi connectivity index (χ2v) is 6.60. The monoisotopic (exact) mass is 222 g/mol. The van der Waals surface area contributed by atoms with Crippen molar-refractivity contribution < 1.29 is 9.53 Å². The Hall–Kier alpha value is -0.530. The molecule has 6 unspecified atom stereocenters. The maximum Gasteiger partial charge on any atom is 0.312 e. The third-order valence-corrected chi connectivity index (χ3v) is 5.55. The molecule has 4 aliphatic rings. The van der Waals surface area contributed by atoms with Crippen LogP contribution < -0.4 is 0 Å². The van der Waals surface area contributed by atoms with E-state index >= 15 is 0 Å². The van der Waals surface area contributed by atoms with Crippen molar-refractivity contribution in [2.75, 3.05) is 6.61 Å². The minimum atomic E-state index is -0.0427. The third kappa shape index (κ3) is 0.970. The van der Waals surface area contributed by atoms with Gasteiger partial charge in [0.15, 0.2) is 0 Å². The molecular formula is C14H22O2. The molecule has 0 aromatic rings. The topological polar surface area (TPSA) is 26.3 Å². The highest BCUT2D eigenvalue weighted by molar-refractivity contribution is 5.84. The van der Waals surface area contributed by atoms with E-state index in [2.05, 4.69) is 27.7 Å². The number of hydrogen-bond acceptors (Lipinski definition) is 2. The largest absolute Gasteiger partial charge is 0.465 e. The normalized spacial score (nSPS) is 52.2. The van der Waals surface area contributed by atoms with Gasteiger partial charge in [0, 0.05) is 0 Å². The Kier molecular flexibility index (Phi) is 2.01. The molecular weight excluding hydrogens is 200 g/mol. The van der Waals surface area contributed by atoms with Gasteiger partial charge in [0.05, 0.1) is 12.0 Å². The zero-order valence-electron chi connectivity index (χ0n) is 10.7. The summed E-state index contributed by atoms with van der Waals surface area (Å²) in [5, 5.41) is 0. The van der Waals surface area contributed by atoms with Crippen LogP contribution in [0.3, 0.4) is 0 Å². The van der Waals surface area contributed by atoms with Crippen molar-refractivity contribution in [1.82, 2.24) is 0 Å². The highest BCUT2D eigenvalue weighted by Crippen LogP contribution is 2.83. The van der Waals surface area contributed by atoms with Crippen LogP contribution in [-0.2, 0) is 9.53 Å². The first-order valence-corrected chi connectivity index (χ1v) is 6.68. The second-order valence-electron chi connectivity index (χ2n) is 6.60. The Morgan fingerprint density at radius 3 is 2.50 bits per heavy atom. The van der Waals surface area contributed by atoms with Crippen LogP contribution in [-0.4, -0.2) is 12.6 Å². The molecule has 0 aromatic carbocycles. The van der Waals surface area contributed by atoms with Gasteiger partial charge in [-0.1, -0.05) is 27.7 Å². The van der Waals surface area contributed by atoms with Crippen LogP contribution in [0.1, 0.15) is 34.1 Å². The molecule has 4 saturated carbocycles. The van der Waals surface area contributed by atoms with Crippen molar-refractivity contribution in [3.8, 4) is 0 Å². The maximum absolute atomic E-state index is 12.3. The Bertz CT molecular complexity index is 332. The lowest BCUT2D eigenvalue weighted by Crippen LogP contribution is -2.26. The van der Waals surface area contributed by atoms with E-state index in [1.807, 2.05) is 0 Å². The minimum absolute atomic E-state index is 0.0427. The summed E-state index contributed by atoms with van der Waals surface area (Å²) in [6, 6.07) is 0. The van der Waals surface area contributed by atoms with Gasteiger partial charge in [-0.25, -0.2) is 0 Å². The van der Waals surface area contributed by atoms with E-state index < -0.39 is 0 Å². The van der Waals surface area contributed by atoms with Crippen molar-refractivity contribution in [2.24, 2.45) is 40.9 Å². The average molecular weight is 222 g/mol. The Morgan fingerprint density at radius 1 is 1.44 bits per heavy atom. The molecule has 0 aliphatic heterocycles. The highest BCUT2D eigenvalue weighted by Gasteiger charge is 2.84. The molecule has 2 nitrogen and oxygen atoms in total. The summed E-state index contributed by atoms with van der Waals surface area (Å²) in [7, 11) is 0. The molecule has 4 fully saturated rings. The molecule has 0 heterocycles. The average Bonchev–Trinajstić information content (AvgIpc) is 2.52. The van der Waals surface area contributed by atoms with Gasteiger partial charge in [0.25, 0.3) is 0 Å². The lowest BCUT2D eigenvalue weighted by molar-refractivity contribution is -0.153. The molecule has 0 aromatic heterocycles. The molecule has 4 rings (SSSR count). The predicted octanol–water partition coefficient (Wildman–Crippen LogP) is 2.72. The summed E-state index contributed by atoms with van der Waals surface area (Å²) < 4.78 is 5.51. The lowest BCUT2D eigenvalue weighted by atomic mass is 9.90. The number of carbonyl (C=O) groups excluding carboxylic acids is 1. The first-order valence-electron chi connectivity index (χ1n) is 6.68. The molecule has 0 amide bonds. The van der Waals surface area contributed by atoms with Gasteiger partial charge in [-0.15, -0.1) is 0 Å². The molecule has 90 valence electrons. The molecule has 2 heteroatoms. The van der Waals surface area contributed by atoms with Crippen LogP contribution >= 0.6 is 0 Å². The SMILES string of the molecule is CC(C)COC(=O)C12C(C)C3CC1C2C3C. The number of esters is 1. The fourth-order valence-corrected chi connectivity index (χ4v) is 4.92. The van der Waals surface area contributed by atoms with Crippen molar-refractivity contribution in [3.63, 3.8) is 0 Å². The summed E-state index contributed by atoms with van der Waals surface area (Å²) in [4.78, 5) is 12.3. The van der Waals surface area contributed by atoms with E-state index in [9.17, 15) is 4.79 Å². The van der Waals surface area contributed by atoms with Gasteiger partial charge in [-0.05, 0) is 41.9 Å². The molecule has 0 radical (unpaired) electrons. The summed E-state index contributed by atoms with van der Waals surface area (Å²) >= 11 is 0. The fourth-order valence-electron chi connectivity index (χ4n) is 4.92. The van der Waals surface area contributed by atoms with E-state index in [-0.39, 0.29) is 11.4 Å². The number of ether oxygens (including phenoxy) is 1. The summed E-state index contributed by atoms with van der Waals surface area (Å²) in [5.41, 5.74) is -0.0427. The molecule has 6 atom stereocenters. The van der Waals surface area contributed by atoms with E-state index in [4.69, 9.17) is 4.74 Å². The first kappa shape index (κ1) is 10.6. The zero-order chi connectivity index (χ0) is 11.7. The molecule has 0 spiro atoms. The van der Waals surface area contributed by atoms with Gasteiger partial charge >= 0.3 is 5.97 Å². The van der Waals surface area contributed by atoms with Gasteiger partial charge < -0.3 is 4.74 Å². The fraction of sp³-hybridized carbons (Fsp3) is 0.929. The number of rotatable bonds is 3. The van der Waals surface area contributed by atoms with Crippen LogP contribution in [0.4, 0.5) is 0 Å². The van der Waals surface area contributed by atoms with Gasteiger partial charge in [0.1, 0.15) is 0 Å². The molecule has 0 saturated heterocycles. The Morgan fingerprint density at radius 2 is 2.12 bits per heavy atom. The molecule has 16 heavy (non-hydrogen) atoms. The number of hydrogen-bond donors (Lipinski definition) is 0. The third-order valence-electron chi connectivity index (χ3n) is 5.55. The van der Waals surface area contributed by atoms with Gasteiger partial charge in [0.2, 0.25) is 0 Å². The van der Waals surface area contributed by atoms with E-state index in [1.54, 1.807) is 0 Å². The first-order chi connectivity index (χ1) is 7.51. The smallest absolute Gasteiger partial charge is 0.312 e. The molecule has 4 bridgehead atoms. The van der Waals surface area contributed by atoms with E-state index in [0.29, 0.717) is 30.3 Å². The van der Waals surface area contributed by atoms with Crippen LogP contribution in [0.5, 0.6) is 0 Å². The number of carbonyl (C=O) groups is 1. The summed E-state index contributed by atoms with van der Waals surface area (Å²) in [6.45, 7) is 9.37. The zero-order valence-corrected chi connectivity index (χ0v) is 10.7. The van der Waals surface area contributed by atoms with Crippen LogP contribution in [0, 0.1) is 40.9 Å². The standard InChI is InChI=1S/C14H22O2/c1-7(2)6-16-13(15)14-9(4)10-5-11(14)12(14)8(10)3/h7-12H,5-6H2,1-4H3. The van der Waals surface area contributed by atoms with Gasteiger partial charge in [-0.3, -0.25) is 4.79 Å². The Labute approximate surface area is 97.7 Å². The highest BCUT2D eigenvalue weighted by atomic mass is 16.5. The van der Waals surface area contributed by atoms with Crippen molar-refractivity contribution >= 4 is 5.97 Å². The van der Waals surface area contributed by atoms with Crippen LogP contribution in [0.2, 0.25) is 0 Å². The lowest BCUT2D eigenvalue weighted by Gasteiger charge is -2.18. The maximum atomic E-state index is 12.3.